The van der Waals surface area contributed by atoms with Gasteiger partial charge in [0, 0.05) is 42.5 Å². The predicted octanol–water partition coefficient (Wildman–Crippen LogP) is 0.248. The summed E-state index contributed by atoms with van der Waals surface area (Å²) in [6.07, 6.45) is 1.17. The second kappa shape index (κ2) is 15.1. The van der Waals surface area contributed by atoms with Crippen molar-refractivity contribution in [1.29, 1.82) is 0 Å². The Morgan fingerprint density at radius 2 is 1.63 bits per heavy atom. The molecule has 14 nitrogen and oxygen atoms in total. The van der Waals surface area contributed by atoms with E-state index < -0.39 is 23.6 Å². The van der Waals surface area contributed by atoms with Gasteiger partial charge in [0.15, 0.2) is 0 Å². The number of carbonyl (C=O) groups excluding carboxylic acids is 5. The van der Waals surface area contributed by atoms with E-state index in [1.807, 2.05) is 0 Å². The van der Waals surface area contributed by atoms with Crippen molar-refractivity contribution < 1.29 is 33.8 Å². The number of phenols is 1. The van der Waals surface area contributed by atoms with Crippen molar-refractivity contribution in [2.45, 2.75) is 36.6 Å². The Morgan fingerprint density at radius 1 is 0.930 bits per heavy atom. The van der Waals surface area contributed by atoms with Gasteiger partial charge in [-0.3, -0.25) is 30.0 Å². The minimum Gasteiger partial charge on any atom is -0.507 e. The number of nitrogens with two attached hydrogens (primary N) is 1. The van der Waals surface area contributed by atoms with Crippen LogP contribution in [0.25, 0.3) is 0 Å². The number of carbonyl (C=O) groups is 5. The van der Waals surface area contributed by atoms with Gasteiger partial charge in [0.2, 0.25) is 5.91 Å². The van der Waals surface area contributed by atoms with Crippen molar-refractivity contribution in [3.05, 3.63) is 59.2 Å². The average molecular weight is 614 g/mol. The van der Waals surface area contributed by atoms with Crippen molar-refractivity contribution in [2.75, 3.05) is 37.8 Å². The van der Waals surface area contributed by atoms with Crippen LogP contribution >= 0.6 is 11.8 Å². The van der Waals surface area contributed by atoms with Gasteiger partial charge < -0.3 is 36.8 Å². The number of urea groups is 1. The quantitative estimate of drug-likeness (QED) is 0.0672. The van der Waals surface area contributed by atoms with Crippen molar-refractivity contribution >= 4 is 47.1 Å². The minimum atomic E-state index is -0.657. The van der Waals surface area contributed by atoms with E-state index in [1.165, 1.54) is 30.3 Å². The third-order valence-electron chi connectivity index (χ3n) is 6.88. The molecule has 0 radical (unpaired) electrons. The summed E-state index contributed by atoms with van der Waals surface area (Å²) < 4.78 is 5.57. The summed E-state index contributed by atoms with van der Waals surface area (Å²) in [7, 11) is 0. The molecule has 3 atom stereocenters. The summed E-state index contributed by atoms with van der Waals surface area (Å²) in [4.78, 5) is 61.3. The number of nitrogen functional groups attached to an aromatic ring is 1. The summed E-state index contributed by atoms with van der Waals surface area (Å²) >= 11 is 1.78. The van der Waals surface area contributed by atoms with Gasteiger partial charge in [0.1, 0.15) is 5.75 Å². The Hall–Kier alpha value is -4.50. The van der Waals surface area contributed by atoms with Crippen LogP contribution in [0.3, 0.4) is 0 Å². The van der Waals surface area contributed by atoms with Gasteiger partial charge in [-0.05, 0) is 37.1 Å². The highest BCUT2D eigenvalue weighted by molar-refractivity contribution is 8.00. The normalized spacial score (nSPS) is 18.6. The van der Waals surface area contributed by atoms with Crippen LogP contribution in [0, 0.1) is 0 Å². The molecule has 0 spiro atoms. The fraction of sp³-hybridized carbons (Fsp3) is 0.393. The lowest BCUT2D eigenvalue weighted by Crippen LogP contribution is -2.42. The monoisotopic (exact) mass is 613 g/mol. The van der Waals surface area contributed by atoms with Crippen molar-refractivity contribution in [2.24, 2.45) is 0 Å². The van der Waals surface area contributed by atoms with E-state index in [2.05, 4.69) is 32.1 Å². The molecule has 230 valence electrons. The lowest BCUT2D eigenvalue weighted by Gasteiger charge is -2.16. The number of hydrogen-bond acceptors (Lipinski definition) is 9. The fourth-order valence-corrected chi connectivity index (χ4v) is 6.14. The first-order valence-electron chi connectivity index (χ1n) is 13.8. The van der Waals surface area contributed by atoms with Crippen LogP contribution in [0.4, 0.5) is 10.5 Å². The van der Waals surface area contributed by atoms with E-state index in [-0.39, 0.29) is 71.9 Å². The summed E-state index contributed by atoms with van der Waals surface area (Å²) in [5.41, 5.74) is 10.8. The standard InChI is InChI=1S/C28H35N7O7S/c29-16-6-7-19(21(36)14-16)26(39)31-11-3-10-30-25(38)17-4-1-2-5-18(17)27(40)35-34-23(37)9-13-42-12-8-22-24-20(15-43-22)32-28(41)33-24/h1-2,4-7,14,20,22,24,36H,3,8-13,15,29H2,(H,30,38)(H,31,39)(H,34,37)(H,35,40)(H2,32,33,41). The molecule has 3 unspecified atom stereocenters. The van der Waals surface area contributed by atoms with Crippen LogP contribution in [0.1, 0.15) is 50.3 Å². The maximum Gasteiger partial charge on any atom is 0.315 e. The largest absolute Gasteiger partial charge is 0.507 e. The molecule has 2 aliphatic heterocycles. The van der Waals surface area contributed by atoms with Crippen molar-refractivity contribution in [1.82, 2.24) is 32.1 Å². The van der Waals surface area contributed by atoms with Crippen LogP contribution < -0.4 is 37.9 Å². The Balaban J connectivity index is 1.11. The molecule has 6 amide bonds. The highest BCUT2D eigenvalue weighted by Crippen LogP contribution is 2.31. The van der Waals surface area contributed by atoms with E-state index in [1.54, 1.807) is 23.9 Å². The molecule has 2 aromatic carbocycles. The van der Waals surface area contributed by atoms with E-state index in [0.717, 1.165) is 12.2 Å². The van der Waals surface area contributed by atoms with E-state index in [4.69, 9.17) is 10.5 Å². The van der Waals surface area contributed by atoms with Gasteiger partial charge in [-0.25, -0.2) is 4.79 Å². The maximum atomic E-state index is 12.7. The Kier molecular flexibility index (Phi) is 11.0. The zero-order chi connectivity index (χ0) is 30.8. The molecule has 0 aliphatic carbocycles. The summed E-state index contributed by atoms with van der Waals surface area (Å²) in [5, 5.41) is 21.3. The molecule has 43 heavy (non-hydrogen) atoms. The first kappa shape index (κ1) is 31.4. The van der Waals surface area contributed by atoms with Crippen molar-refractivity contribution in [3.63, 3.8) is 0 Å². The van der Waals surface area contributed by atoms with E-state index in [0.29, 0.717) is 18.7 Å². The molecule has 2 heterocycles. The number of phenolic OH excluding ortho intramolecular Hbond substituents is 1. The predicted molar refractivity (Wildman–Crippen MR) is 159 cm³/mol. The summed E-state index contributed by atoms with van der Waals surface area (Å²) in [6, 6.07) is 10.5. The highest BCUT2D eigenvalue weighted by atomic mass is 32.2. The Bertz CT molecular complexity index is 1360. The minimum absolute atomic E-state index is 0.0268. The molecule has 4 rings (SSSR count). The van der Waals surface area contributed by atoms with Crippen LogP contribution in [0.15, 0.2) is 42.5 Å². The summed E-state index contributed by atoms with van der Waals surface area (Å²) in [5.74, 6) is -1.44. The van der Waals surface area contributed by atoms with E-state index in [9.17, 15) is 29.1 Å². The summed E-state index contributed by atoms with van der Waals surface area (Å²) in [6.45, 7) is 1.05. The van der Waals surface area contributed by atoms with Crippen LogP contribution in [-0.4, -0.2) is 84.2 Å². The number of thioether (sulfide) groups is 1. The second-order valence-electron chi connectivity index (χ2n) is 9.96. The number of hydrogen-bond donors (Lipinski definition) is 8. The fourth-order valence-electron chi connectivity index (χ4n) is 4.67. The number of fused-ring (bicyclic) bond motifs is 1. The number of nitrogens with one attached hydrogen (secondary N) is 6. The first-order chi connectivity index (χ1) is 20.7. The molecular weight excluding hydrogens is 578 g/mol. The molecular formula is C28H35N7O7S. The number of benzene rings is 2. The number of amides is 6. The van der Waals surface area contributed by atoms with Gasteiger partial charge >= 0.3 is 6.03 Å². The molecule has 0 aromatic heterocycles. The molecule has 9 N–H and O–H groups in total. The number of rotatable bonds is 13. The maximum absolute atomic E-state index is 12.7. The van der Waals surface area contributed by atoms with Gasteiger partial charge in [-0.15, -0.1) is 0 Å². The van der Waals surface area contributed by atoms with Gasteiger partial charge in [-0.2, -0.15) is 11.8 Å². The van der Waals surface area contributed by atoms with Crippen LogP contribution in [0.2, 0.25) is 0 Å². The third kappa shape index (κ3) is 8.75. The number of anilines is 1. The van der Waals surface area contributed by atoms with Crippen LogP contribution in [0.5, 0.6) is 5.75 Å². The lowest BCUT2D eigenvalue weighted by atomic mass is 10.1. The Morgan fingerprint density at radius 3 is 2.35 bits per heavy atom. The second-order valence-corrected chi connectivity index (χ2v) is 11.2. The molecule has 2 aromatic rings. The zero-order valence-corrected chi connectivity index (χ0v) is 24.1. The van der Waals surface area contributed by atoms with Crippen LogP contribution in [-0.2, 0) is 9.53 Å². The third-order valence-corrected chi connectivity index (χ3v) is 8.39. The average Bonchev–Trinajstić information content (AvgIpc) is 3.54. The smallest absolute Gasteiger partial charge is 0.315 e. The van der Waals surface area contributed by atoms with Gasteiger partial charge in [0.05, 0.1) is 41.8 Å². The molecule has 0 bridgehead atoms. The lowest BCUT2D eigenvalue weighted by molar-refractivity contribution is -0.122. The highest BCUT2D eigenvalue weighted by Gasteiger charge is 2.42. The SMILES string of the molecule is Nc1ccc(C(=O)NCCCNC(=O)c2ccccc2C(=O)NNC(=O)CCOCCC2SCC3NC(=O)NC32)c(O)c1. The number of ether oxygens (including phenoxy) is 1. The number of hydrazine groups is 1. The topological polar surface area (TPSA) is 213 Å². The zero-order valence-electron chi connectivity index (χ0n) is 23.3. The first-order valence-corrected chi connectivity index (χ1v) is 14.9. The van der Waals surface area contributed by atoms with E-state index >= 15 is 0 Å². The van der Waals surface area contributed by atoms with Gasteiger partial charge in [0.25, 0.3) is 17.7 Å². The molecule has 0 saturated carbocycles. The molecule has 2 aliphatic rings. The Labute approximate surface area is 252 Å². The molecule has 2 saturated heterocycles. The van der Waals surface area contributed by atoms with Crippen molar-refractivity contribution in [3.8, 4) is 5.75 Å². The number of aromatic hydroxyl groups is 1. The molecule has 15 heteroatoms. The van der Waals surface area contributed by atoms with Gasteiger partial charge in [-0.1, -0.05) is 12.1 Å². The molecule has 2 fully saturated rings.